The number of rotatable bonds is 8. The van der Waals surface area contributed by atoms with Crippen molar-refractivity contribution in [2.75, 3.05) is 20.8 Å². The fourth-order valence-electron chi connectivity index (χ4n) is 2.52. The van der Waals surface area contributed by atoms with Gasteiger partial charge in [0.15, 0.2) is 11.5 Å². The third-order valence-corrected chi connectivity index (χ3v) is 4.25. The fraction of sp³-hybridized carbons (Fsp3) is 0.350. The second-order valence-corrected chi connectivity index (χ2v) is 5.89. The van der Waals surface area contributed by atoms with E-state index >= 15 is 0 Å². The minimum atomic E-state index is -0.00922. The Morgan fingerprint density at radius 2 is 2.00 bits per heavy atom. The second kappa shape index (κ2) is 9.42. The van der Waals surface area contributed by atoms with E-state index in [4.69, 9.17) is 14.7 Å². The van der Waals surface area contributed by atoms with Crippen LogP contribution in [0.3, 0.4) is 0 Å². The summed E-state index contributed by atoms with van der Waals surface area (Å²) in [5.41, 5.74) is 1.56. The van der Waals surface area contributed by atoms with Crippen molar-refractivity contribution in [3.8, 4) is 17.6 Å². The average Bonchev–Trinajstić information content (AvgIpc) is 2.70. The van der Waals surface area contributed by atoms with Crippen LogP contribution < -0.4 is 9.47 Å². The van der Waals surface area contributed by atoms with Crippen LogP contribution in [0.1, 0.15) is 36.9 Å². The summed E-state index contributed by atoms with van der Waals surface area (Å²) in [6.07, 6.45) is 4.44. The number of ether oxygens (including phenoxy) is 2. The van der Waals surface area contributed by atoms with Gasteiger partial charge in [0.1, 0.15) is 0 Å². The van der Waals surface area contributed by atoms with Crippen molar-refractivity contribution < 1.29 is 14.3 Å². The molecule has 1 amide bonds. The molecule has 1 aromatic heterocycles. The molecule has 6 heteroatoms. The predicted octanol–water partition coefficient (Wildman–Crippen LogP) is 3.34. The number of nitrogens with zero attached hydrogens (tertiary/aromatic N) is 3. The maximum atomic E-state index is 12.4. The van der Waals surface area contributed by atoms with Gasteiger partial charge >= 0.3 is 0 Å². The highest BCUT2D eigenvalue weighted by atomic mass is 16.5. The van der Waals surface area contributed by atoms with Crippen molar-refractivity contribution in [3.63, 3.8) is 0 Å². The molecule has 0 radical (unpaired) electrons. The van der Waals surface area contributed by atoms with Gasteiger partial charge in [-0.25, -0.2) is 0 Å². The molecule has 0 aliphatic carbocycles. The van der Waals surface area contributed by atoms with Crippen LogP contribution in [0.25, 0.3) is 0 Å². The van der Waals surface area contributed by atoms with E-state index < -0.39 is 0 Å². The Kier molecular flexibility index (Phi) is 6.98. The van der Waals surface area contributed by atoms with Gasteiger partial charge in [-0.2, -0.15) is 5.26 Å². The number of hydrogen-bond donors (Lipinski definition) is 0. The minimum absolute atomic E-state index is 0.00922. The number of aromatic nitrogens is 1. The van der Waals surface area contributed by atoms with E-state index in [0.717, 1.165) is 5.56 Å². The fourth-order valence-corrected chi connectivity index (χ4v) is 2.52. The molecule has 0 N–H and O–H groups in total. The lowest BCUT2D eigenvalue weighted by Gasteiger charge is -2.25. The molecule has 0 fully saturated rings. The zero-order chi connectivity index (χ0) is 18.9. The highest BCUT2D eigenvalue weighted by Gasteiger charge is 2.17. The molecule has 6 nitrogen and oxygen atoms in total. The highest BCUT2D eigenvalue weighted by molar-refractivity contribution is 5.76. The summed E-state index contributed by atoms with van der Waals surface area (Å²) in [4.78, 5) is 18.1. The maximum Gasteiger partial charge on any atom is 0.222 e. The van der Waals surface area contributed by atoms with E-state index in [-0.39, 0.29) is 11.9 Å². The number of pyridine rings is 1. The van der Waals surface area contributed by atoms with Crippen molar-refractivity contribution in [2.45, 2.75) is 25.8 Å². The van der Waals surface area contributed by atoms with E-state index in [1.807, 2.05) is 19.1 Å². The molecule has 0 spiro atoms. The molecule has 26 heavy (non-hydrogen) atoms. The van der Waals surface area contributed by atoms with Crippen LogP contribution in [-0.2, 0) is 4.79 Å². The number of methoxy groups -OCH3 is 1. The Balaban J connectivity index is 1.82. The third kappa shape index (κ3) is 4.96. The van der Waals surface area contributed by atoms with Crippen LogP contribution in [0.4, 0.5) is 0 Å². The summed E-state index contributed by atoms with van der Waals surface area (Å²) in [6.45, 7) is 2.39. The lowest BCUT2D eigenvalue weighted by atomic mass is 10.1. The molecular weight excluding hydrogens is 330 g/mol. The second-order valence-electron chi connectivity index (χ2n) is 5.89. The van der Waals surface area contributed by atoms with Crippen molar-refractivity contribution >= 4 is 5.91 Å². The Morgan fingerprint density at radius 3 is 2.65 bits per heavy atom. The van der Waals surface area contributed by atoms with Crippen molar-refractivity contribution in [1.29, 1.82) is 5.26 Å². The van der Waals surface area contributed by atoms with Gasteiger partial charge < -0.3 is 14.4 Å². The van der Waals surface area contributed by atoms with Crippen molar-refractivity contribution in [1.82, 2.24) is 9.88 Å². The van der Waals surface area contributed by atoms with E-state index in [2.05, 4.69) is 11.1 Å². The maximum absolute atomic E-state index is 12.4. The molecule has 136 valence electrons. The Morgan fingerprint density at radius 1 is 1.27 bits per heavy atom. The first-order valence-electron chi connectivity index (χ1n) is 8.43. The molecule has 0 saturated carbocycles. The lowest BCUT2D eigenvalue weighted by molar-refractivity contribution is -0.132. The number of nitriles is 1. The zero-order valence-electron chi connectivity index (χ0n) is 15.3. The Labute approximate surface area is 154 Å². The average molecular weight is 353 g/mol. The number of carbonyl (C=O) groups is 1. The van der Waals surface area contributed by atoms with Crippen LogP contribution >= 0.6 is 0 Å². The molecule has 0 bridgehead atoms. The predicted molar refractivity (Wildman–Crippen MR) is 97.9 cm³/mol. The van der Waals surface area contributed by atoms with Gasteiger partial charge in [0.2, 0.25) is 5.91 Å². The van der Waals surface area contributed by atoms with E-state index in [9.17, 15) is 4.79 Å². The van der Waals surface area contributed by atoms with E-state index in [0.29, 0.717) is 36.5 Å². The molecule has 1 unspecified atom stereocenters. The Bertz CT molecular complexity index is 772. The largest absolute Gasteiger partial charge is 0.493 e. The van der Waals surface area contributed by atoms with Crippen LogP contribution in [-0.4, -0.2) is 36.6 Å². The summed E-state index contributed by atoms with van der Waals surface area (Å²) in [6, 6.07) is 10.9. The quantitative estimate of drug-likeness (QED) is 0.680. The van der Waals surface area contributed by atoms with Crippen molar-refractivity contribution in [3.05, 3.63) is 53.9 Å². The molecule has 0 aliphatic heterocycles. The highest BCUT2D eigenvalue weighted by Crippen LogP contribution is 2.28. The standard InChI is InChI=1S/C20H23N3O3/c1-15(17-8-10-22-11-9-17)23(2)20(24)5-4-12-26-18-7-6-16(14-21)13-19(18)25-3/h6-11,13,15H,4-5,12H2,1-3H3. The Hall–Kier alpha value is -3.07. The summed E-state index contributed by atoms with van der Waals surface area (Å²) < 4.78 is 10.9. The van der Waals surface area contributed by atoms with E-state index in [1.54, 1.807) is 42.5 Å². The summed E-state index contributed by atoms with van der Waals surface area (Å²) in [5, 5.41) is 8.91. The lowest BCUT2D eigenvalue weighted by Crippen LogP contribution is -2.29. The first-order valence-corrected chi connectivity index (χ1v) is 8.43. The van der Waals surface area contributed by atoms with Gasteiger partial charge in [0, 0.05) is 31.9 Å². The van der Waals surface area contributed by atoms with Gasteiger partial charge in [-0.1, -0.05) is 0 Å². The van der Waals surface area contributed by atoms with Crippen LogP contribution in [0.15, 0.2) is 42.7 Å². The van der Waals surface area contributed by atoms with Gasteiger partial charge in [-0.05, 0) is 43.2 Å². The molecule has 1 atom stereocenters. The van der Waals surface area contributed by atoms with Crippen LogP contribution in [0.2, 0.25) is 0 Å². The molecule has 0 saturated heterocycles. The summed E-state index contributed by atoms with van der Waals surface area (Å²) in [7, 11) is 3.33. The van der Waals surface area contributed by atoms with Crippen LogP contribution in [0.5, 0.6) is 11.5 Å². The third-order valence-electron chi connectivity index (χ3n) is 4.25. The molecular formula is C20H23N3O3. The first kappa shape index (κ1) is 19.3. The van der Waals surface area contributed by atoms with Crippen LogP contribution in [0, 0.1) is 11.3 Å². The van der Waals surface area contributed by atoms with E-state index in [1.165, 1.54) is 7.11 Å². The summed E-state index contributed by atoms with van der Waals surface area (Å²) >= 11 is 0. The molecule has 1 aromatic carbocycles. The smallest absolute Gasteiger partial charge is 0.222 e. The van der Waals surface area contributed by atoms with Gasteiger partial charge in [-0.15, -0.1) is 0 Å². The number of hydrogen-bond acceptors (Lipinski definition) is 5. The van der Waals surface area contributed by atoms with Crippen molar-refractivity contribution in [2.24, 2.45) is 0 Å². The van der Waals surface area contributed by atoms with Gasteiger partial charge in [-0.3, -0.25) is 9.78 Å². The normalized spacial score (nSPS) is 11.3. The van der Waals surface area contributed by atoms with Gasteiger partial charge in [0.25, 0.3) is 0 Å². The molecule has 1 heterocycles. The first-order chi connectivity index (χ1) is 12.6. The zero-order valence-corrected chi connectivity index (χ0v) is 15.3. The molecule has 2 aromatic rings. The topological polar surface area (TPSA) is 75.5 Å². The summed E-state index contributed by atoms with van der Waals surface area (Å²) in [5.74, 6) is 1.14. The molecule has 0 aliphatic rings. The minimum Gasteiger partial charge on any atom is -0.493 e. The molecule has 2 rings (SSSR count). The monoisotopic (exact) mass is 353 g/mol. The van der Waals surface area contributed by atoms with Gasteiger partial charge in [0.05, 0.1) is 31.4 Å². The SMILES string of the molecule is COc1cc(C#N)ccc1OCCCC(=O)N(C)C(C)c1ccncc1. The number of carbonyl (C=O) groups excluding carboxylic acids is 1. The number of benzene rings is 1. The number of amides is 1.